The molecule has 0 fully saturated rings. The lowest BCUT2D eigenvalue weighted by atomic mass is 10.3. The first-order valence-corrected chi connectivity index (χ1v) is 6.05. The van der Waals surface area contributed by atoms with Crippen molar-refractivity contribution in [1.82, 2.24) is 4.90 Å². The van der Waals surface area contributed by atoms with Gasteiger partial charge in [0.25, 0.3) is 0 Å². The largest absolute Gasteiger partial charge is 0.383 e. The Morgan fingerprint density at radius 2 is 2.40 bits per heavy atom. The fraction of sp³-hybridized carbons (Fsp3) is 0.636. The van der Waals surface area contributed by atoms with Crippen molar-refractivity contribution in [2.45, 2.75) is 12.5 Å². The molecule has 1 atom stereocenters. The first-order chi connectivity index (χ1) is 7.22. The standard InChI is InChI=1S/C11H20N2OS/c1-13(8-10(12)9-14-2)6-5-11-4-3-7-15-11/h3-4,7,10H,5-6,8-9,12H2,1-2H3. The number of hydrogen-bond acceptors (Lipinski definition) is 4. The third kappa shape index (κ3) is 5.28. The minimum atomic E-state index is 0.114. The van der Waals surface area contributed by atoms with Crippen LogP contribution in [0, 0.1) is 0 Å². The lowest BCUT2D eigenvalue weighted by Gasteiger charge is -2.20. The highest BCUT2D eigenvalue weighted by molar-refractivity contribution is 7.09. The summed E-state index contributed by atoms with van der Waals surface area (Å²) in [7, 11) is 3.79. The summed E-state index contributed by atoms with van der Waals surface area (Å²) in [6.45, 7) is 2.57. The summed E-state index contributed by atoms with van der Waals surface area (Å²) in [5.74, 6) is 0. The number of ether oxygens (including phenoxy) is 1. The predicted octanol–water partition coefficient (Wildman–Crippen LogP) is 1.20. The average molecular weight is 228 g/mol. The Bertz CT molecular complexity index is 251. The number of likely N-dealkylation sites (N-methyl/N-ethyl adjacent to an activating group) is 1. The average Bonchev–Trinajstić information content (AvgIpc) is 2.67. The molecule has 1 unspecified atom stereocenters. The van der Waals surface area contributed by atoms with E-state index in [1.807, 2.05) is 11.3 Å². The van der Waals surface area contributed by atoms with Crippen molar-refractivity contribution in [1.29, 1.82) is 0 Å². The second-order valence-electron chi connectivity index (χ2n) is 3.81. The molecule has 1 rings (SSSR count). The Morgan fingerprint density at radius 1 is 1.60 bits per heavy atom. The predicted molar refractivity (Wildman–Crippen MR) is 65.4 cm³/mol. The third-order valence-corrected chi connectivity index (χ3v) is 3.18. The Kier molecular flexibility index (Phi) is 5.86. The highest BCUT2D eigenvalue weighted by atomic mass is 32.1. The topological polar surface area (TPSA) is 38.5 Å². The molecule has 3 nitrogen and oxygen atoms in total. The van der Waals surface area contributed by atoms with Crippen LogP contribution in [-0.4, -0.2) is 44.8 Å². The van der Waals surface area contributed by atoms with Crippen molar-refractivity contribution < 1.29 is 4.74 Å². The van der Waals surface area contributed by atoms with E-state index in [4.69, 9.17) is 10.5 Å². The van der Waals surface area contributed by atoms with E-state index in [0.717, 1.165) is 19.5 Å². The van der Waals surface area contributed by atoms with Gasteiger partial charge < -0.3 is 15.4 Å². The smallest absolute Gasteiger partial charge is 0.0626 e. The van der Waals surface area contributed by atoms with Crippen LogP contribution in [0.4, 0.5) is 0 Å². The van der Waals surface area contributed by atoms with Gasteiger partial charge in [-0.15, -0.1) is 11.3 Å². The van der Waals surface area contributed by atoms with E-state index in [2.05, 4.69) is 29.5 Å². The lowest BCUT2D eigenvalue weighted by molar-refractivity contribution is 0.161. The van der Waals surface area contributed by atoms with Crippen molar-refractivity contribution in [3.63, 3.8) is 0 Å². The van der Waals surface area contributed by atoms with Gasteiger partial charge in [0.05, 0.1) is 6.61 Å². The van der Waals surface area contributed by atoms with Gasteiger partial charge in [0, 0.05) is 31.1 Å². The van der Waals surface area contributed by atoms with Crippen LogP contribution in [0.3, 0.4) is 0 Å². The number of thiophene rings is 1. The van der Waals surface area contributed by atoms with Crippen LogP contribution in [0.2, 0.25) is 0 Å². The van der Waals surface area contributed by atoms with Gasteiger partial charge in [0.1, 0.15) is 0 Å². The SMILES string of the molecule is COCC(N)CN(C)CCc1cccs1. The van der Waals surface area contributed by atoms with Gasteiger partial charge >= 0.3 is 0 Å². The maximum Gasteiger partial charge on any atom is 0.0626 e. The van der Waals surface area contributed by atoms with E-state index in [1.165, 1.54) is 4.88 Å². The van der Waals surface area contributed by atoms with Gasteiger partial charge in [-0.2, -0.15) is 0 Å². The molecule has 0 aliphatic rings. The molecule has 0 bridgehead atoms. The number of methoxy groups -OCH3 is 1. The molecule has 0 saturated carbocycles. The summed E-state index contributed by atoms with van der Waals surface area (Å²) in [6.07, 6.45) is 1.11. The van der Waals surface area contributed by atoms with Crippen LogP contribution < -0.4 is 5.73 Å². The molecule has 0 saturated heterocycles. The molecule has 2 N–H and O–H groups in total. The molecule has 15 heavy (non-hydrogen) atoms. The molecule has 0 aromatic carbocycles. The Morgan fingerprint density at radius 3 is 3.00 bits per heavy atom. The molecule has 0 spiro atoms. The summed E-state index contributed by atoms with van der Waals surface area (Å²) in [5, 5.41) is 2.12. The second kappa shape index (κ2) is 6.95. The van der Waals surface area contributed by atoms with E-state index in [-0.39, 0.29) is 6.04 Å². The second-order valence-corrected chi connectivity index (χ2v) is 4.84. The van der Waals surface area contributed by atoms with Crippen molar-refractivity contribution in [2.24, 2.45) is 5.73 Å². The summed E-state index contributed by atoms with van der Waals surface area (Å²) in [5.41, 5.74) is 5.87. The Labute approximate surface area is 95.8 Å². The first kappa shape index (κ1) is 12.6. The lowest BCUT2D eigenvalue weighted by Crippen LogP contribution is -2.39. The molecule has 4 heteroatoms. The normalized spacial score (nSPS) is 13.3. The molecule has 1 aromatic heterocycles. The molecule has 1 heterocycles. The zero-order valence-electron chi connectivity index (χ0n) is 9.48. The Balaban J connectivity index is 2.15. The molecule has 0 aliphatic carbocycles. The van der Waals surface area contributed by atoms with Gasteiger partial charge in [0.2, 0.25) is 0 Å². The highest BCUT2D eigenvalue weighted by Crippen LogP contribution is 2.09. The van der Waals surface area contributed by atoms with E-state index in [1.54, 1.807) is 7.11 Å². The minimum Gasteiger partial charge on any atom is -0.383 e. The molecule has 86 valence electrons. The monoisotopic (exact) mass is 228 g/mol. The van der Waals surface area contributed by atoms with E-state index >= 15 is 0 Å². The van der Waals surface area contributed by atoms with Crippen LogP contribution in [0.5, 0.6) is 0 Å². The van der Waals surface area contributed by atoms with Crippen molar-refractivity contribution in [3.8, 4) is 0 Å². The van der Waals surface area contributed by atoms with Crippen LogP contribution in [0.25, 0.3) is 0 Å². The summed E-state index contributed by atoms with van der Waals surface area (Å²) < 4.78 is 5.01. The van der Waals surface area contributed by atoms with Crippen LogP contribution in [0.1, 0.15) is 4.88 Å². The van der Waals surface area contributed by atoms with Crippen LogP contribution >= 0.6 is 11.3 Å². The van der Waals surface area contributed by atoms with E-state index in [9.17, 15) is 0 Å². The van der Waals surface area contributed by atoms with Crippen molar-refractivity contribution >= 4 is 11.3 Å². The molecule has 0 amide bonds. The van der Waals surface area contributed by atoms with Gasteiger partial charge in [-0.3, -0.25) is 0 Å². The zero-order valence-corrected chi connectivity index (χ0v) is 10.3. The summed E-state index contributed by atoms with van der Waals surface area (Å²) in [6, 6.07) is 4.38. The molecule has 0 aliphatic heterocycles. The molecular formula is C11H20N2OS. The maximum atomic E-state index is 5.87. The van der Waals surface area contributed by atoms with Gasteiger partial charge in [-0.1, -0.05) is 6.07 Å². The molecular weight excluding hydrogens is 208 g/mol. The van der Waals surface area contributed by atoms with E-state index in [0.29, 0.717) is 6.61 Å². The zero-order chi connectivity index (χ0) is 11.1. The summed E-state index contributed by atoms with van der Waals surface area (Å²) >= 11 is 1.81. The Hall–Kier alpha value is -0.420. The van der Waals surface area contributed by atoms with Crippen LogP contribution in [-0.2, 0) is 11.2 Å². The quantitative estimate of drug-likeness (QED) is 0.762. The van der Waals surface area contributed by atoms with Crippen molar-refractivity contribution in [2.75, 3.05) is 33.9 Å². The summed E-state index contributed by atoms with van der Waals surface area (Å²) in [4.78, 5) is 3.69. The number of rotatable bonds is 7. The minimum absolute atomic E-state index is 0.114. The molecule has 0 radical (unpaired) electrons. The maximum absolute atomic E-state index is 5.87. The van der Waals surface area contributed by atoms with Gasteiger partial charge in [-0.05, 0) is 24.9 Å². The fourth-order valence-electron chi connectivity index (χ4n) is 1.51. The van der Waals surface area contributed by atoms with Gasteiger partial charge in [-0.25, -0.2) is 0 Å². The van der Waals surface area contributed by atoms with Crippen molar-refractivity contribution in [3.05, 3.63) is 22.4 Å². The highest BCUT2D eigenvalue weighted by Gasteiger charge is 2.06. The number of nitrogens with zero attached hydrogens (tertiary/aromatic N) is 1. The third-order valence-electron chi connectivity index (χ3n) is 2.25. The van der Waals surface area contributed by atoms with Gasteiger partial charge in [0.15, 0.2) is 0 Å². The molecule has 1 aromatic rings. The van der Waals surface area contributed by atoms with E-state index < -0.39 is 0 Å². The first-order valence-electron chi connectivity index (χ1n) is 5.18. The number of hydrogen-bond donors (Lipinski definition) is 1. The van der Waals surface area contributed by atoms with Crippen LogP contribution in [0.15, 0.2) is 17.5 Å². The fourth-order valence-corrected chi connectivity index (χ4v) is 2.21. The number of nitrogens with two attached hydrogens (primary N) is 1.